The van der Waals surface area contributed by atoms with Gasteiger partial charge in [-0.15, -0.1) is 0 Å². The quantitative estimate of drug-likeness (QED) is 0.643. The van der Waals surface area contributed by atoms with E-state index in [1.54, 1.807) is 18.5 Å². The zero-order chi connectivity index (χ0) is 22.8. The number of piperazine rings is 2. The predicted molar refractivity (Wildman–Crippen MR) is 132 cm³/mol. The third kappa shape index (κ3) is 5.43. The Morgan fingerprint density at radius 2 is 1.58 bits per heavy atom. The smallest absolute Gasteiger partial charge is 0.236 e. The van der Waals surface area contributed by atoms with Crippen molar-refractivity contribution >= 4 is 34.9 Å². The van der Waals surface area contributed by atoms with Gasteiger partial charge in [0.1, 0.15) is 5.82 Å². The van der Waals surface area contributed by atoms with E-state index >= 15 is 0 Å². The molecule has 0 unspecified atom stereocenters. The topological polar surface area (TPSA) is 55.8 Å². The lowest BCUT2D eigenvalue weighted by molar-refractivity contribution is -0.134. The van der Waals surface area contributed by atoms with Gasteiger partial charge in [-0.1, -0.05) is 29.6 Å². The molecule has 3 heterocycles. The van der Waals surface area contributed by atoms with Crippen molar-refractivity contribution in [2.75, 3.05) is 63.8 Å². The van der Waals surface area contributed by atoms with E-state index in [0.29, 0.717) is 16.6 Å². The van der Waals surface area contributed by atoms with Crippen LogP contribution in [0, 0.1) is 0 Å². The van der Waals surface area contributed by atoms with Crippen molar-refractivity contribution in [1.29, 1.82) is 0 Å². The van der Waals surface area contributed by atoms with E-state index in [-0.39, 0.29) is 5.91 Å². The van der Waals surface area contributed by atoms with E-state index in [1.807, 2.05) is 17.0 Å². The minimum atomic E-state index is 0.265. The minimum absolute atomic E-state index is 0.265. The summed E-state index contributed by atoms with van der Waals surface area (Å²) in [5.74, 6) is 1.12. The molecule has 5 rings (SSSR count). The second kappa shape index (κ2) is 10.1. The summed E-state index contributed by atoms with van der Waals surface area (Å²) in [6.45, 7) is 7.67. The number of benzene rings is 1. The molecule has 176 valence electrons. The van der Waals surface area contributed by atoms with Gasteiger partial charge in [-0.05, 0) is 31.0 Å². The molecular weight excluding hydrogens is 459 g/mol. The number of anilines is 1. The van der Waals surface area contributed by atoms with Crippen LogP contribution < -0.4 is 4.90 Å². The lowest BCUT2D eigenvalue weighted by Crippen LogP contribution is -2.56. The van der Waals surface area contributed by atoms with E-state index < -0.39 is 0 Å². The maximum Gasteiger partial charge on any atom is 0.236 e. The molecule has 1 saturated carbocycles. The van der Waals surface area contributed by atoms with Crippen LogP contribution in [0.1, 0.15) is 19.3 Å². The largest absolute Gasteiger partial charge is 0.353 e. The normalized spacial score (nSPS) is 20.7. The predicted octanol–water partition coefficient (Wildman–Crippen LogP) is 3.27. The fourth-order valence-corrected chi connectivity index (χ4v) is 5.38. The van der Waals surface area contributed by atoms with Crippen molar-refractivity contribution in [3.63, 3.8) is 0 Å². The molecule has 0 radical (unpaired) electrons. The third-order valence-corrected chi connectivity index (χ3v) is 7.55. The van der Waals surface area contributed by atoms with E-state index in [1.165, 1.54) is 19.3 Å². The zero-order valence-electron chi connectivity index (χ0n) is 18.8. The van der Waals surface area contributed by atoms with Crippen molar-refractivity contribution in [3.05, 3.63) is 40.6 Å². The van der Waals surface area contributed by atoms with Gasteiger partial charge in [0.25, 0.3) is 0 Å². The summed E-state index contributed by atoms with van der Waals surface area (Å²) in [6, 6.07) is 6.14. The van der Waals surface area contributed by atoms with Gasteiger partial charge in [-0.25, -0.2) is 4.98 Å². The SMILES string of the molecule is O=C(CN1CCN(c2cnc(-c3cc(Cl)cc(Cl)c3)cn2)CC1)N1CCN(C2CCC2)CC1. The zero-order valence-corrected chi connectivity index (χ0v) is 20.3. The van der Waals surface area contributed by atoms with E-state index in [0.717, 1.165) is 75.5 Å². The molecule has 2 aromatic rings. The average Bonchev–Trinajstić information content (AvgIpc) is 2.78. The number of hydrogen-bond donors (Lipinski definition) is 0. The average molecular weight is 489 g/mol. The molecule has 1 aliphatic carbocycles. The van der Waals surface area contributed by atoms with E-state index in [9.17, 15) is 4.79 Å². The van der Waals surface area contributed by atoms with Gasteiger partial charge < -0.3 is 9.80 Å². The highest BCUT2D eigenvalue weighted by Gasteiger charge is 2.30. The van der Waals surface area contributed by atoms with Crippen molar-refractivity contribution < 1.29 is 4.79 Å². The molecule has 1 aromatic heterocycles. The molecule has 0 spiro atoms. The van der Waals surface area contributed by atoms with Gasteiger partial charge >= 0.3 is 0 Å². The summed E-state index contributed by atoms with van der Waals surface area (Å²) in [4.78, 5) is 31.1. The molecule has 0 bridgehead atoms. The number of aromatic nitrogens is 2. The van der Waals surface area contributed by atoms with Crippen LogP contribution >= 0.6 is 23.2 Å². The monoisotopic (exact) mass is 488 g/mol. The lowest BCUT2D eigenvalue weighted by atomic mass is 9.91. The lowest BCUT2D eigenvalue weighted by Gasteiger charge is -2.43. The Hall–Kier alpha value is -1.93. The maximum absolute atomic E-state index is 12.8. The number of amides is 1. The van der Waals surface area contributed by atoms with Crippen molar-refractivity contribution in [3.8, 4) is 11.3 Å². The number of nitrogens with zero attached hydrogens (tertiary/aromatic N) is 6. The summed E-state index contributed by atoms with van der Waals surface area (Å²) >= 11 is 12.2. The molecule has 0 N–H and O–H groups in total. The Bertz CT molecular complexity index is 947. The minimum Gasteiger partial charge on any atom is -0.353 e. The fraction of sp³-hybridized carbons (Fsp3) is 0.542. The molecular formula is C24H30Cl2N6O. The maximum atomic E-state index is 12.8. The number of halogens is 2. The van der Waals surface area contributed by atoms with Gasteiger partial charge in [-0.3, -0.25) is 19.6 Å². The number of hydrogen-bond acceptors (Lipinski definition) is 6. The van der Waals surface area contributed by atoms with Gasteiger partial charge in [-0.2, -0.15) is 0 Å². The molecule has 2 aliphatic heterocycles. The van der Waals surface area contributed by atoms with Crippen LogP contribution in [-0.4, -0.2) is 95.5 Å². The molecule has 1 aromatic carbocycles. The van der Waals surface area contributed by atoms with Gasteiger partial charge in [0.2, 0.25) is 5.91 Å². The van der Waals surface area contributed by atoms with E-state index in [2.05, 4.69) is 24.7 Å². The first kappa shape index (κ1) is 22.8. The second-order valence-corrected chi connectivity index (χ2v) is 10.1. The molecule has 7 nitrogen and oxygen atoms in total. The van der Waals surface area contributed by atoms with E-state index in [4.69, 9.17) is 23.2 Å². The van der Waals surface area contributed by atoms with Crippen LogP contribution in [0.4, 0.5) is 5.82 Å². The first-order valence-corrected chi connectivity index (χ1v) is 12.6. The summed E-state index contributed by atoms with van der Waals surface area (Å²) in [5, 5.41) is 1.16. The van der Waals surface area contributed by atoms with Crippen LogP contribution in [0.2, 0.25) is 10.0 Å². The Morgan fingerprint density at radius 1 is 0.879 bits per heavy atom. The Morgan fingerprint density at radius 3 is 2.15 bits per heavy atom. The summed E-state index contributed by atoms with van der Waals surface area (Å²) in [7, 11) is 0. The molecule has 0 atom stereocenters. The summed E-state index contributed by atoms with van der Waals surface area (Å²) in [6.07, 6.45) is 7.59. The Balaban J connectivity index is 1.09. The Labute approximate surface area is 205 Å². The number of carbonyl (C=O) groups excluding carboxylic acids is 1. The van der Waals surface area contributed by atoms with Crippen molar-refractivity contribution in [2.45, 2.75) is 25.3 Å². The molecule has 33 heavy (non-hydrogen) atoms. The first-order chi connectivity index (χ1) is 16.0. The molecule has 9 heteroatoms. The van der Waals surface area contributed by atoms with Crippen LogP contribution in [0.3, 0.4) is 0 Å². The molecule has 2 saturated heterocycles. The van der Waals surface area contributed by atoms with Gasteiger partial charge in [0.05, 0.1) is 24.6 Å². The summed E-state index contributed by atoms with van der Waals surface area (Å²) < 4.78 is 0. The first-order valence-electron chi connectivity index (χ1n) is 11.8. The van der Waals surface area contributed by atoms with Crippen molar-refractivity contribution in [1.82, 2.24) is 24.7 Å². The highest BCUT2D eigenvalue weighted by Crippen LogP contribution is 2.27. The van der Waals surface area contributed by atoms with Crippen molar-refractivity contribution in [2.24, 2.45) is 0 Å². The molecule has 1 amide bonds. The number of rotatable bonds is 5. The highest BCUT2D eigenvalue weighted by atomic mass is 35.5. The Kier molecular flexibility index (Phi) is 7.02. The van der Waals surface area contributed by atoms with Crippen LogP contribution in [0.15, 0.2) is 30.6 Å². The highest BCUT2D eigenvalue weighted by molar-refractivity contribution is 6.35. The van der Waals surface area contributed by atoms with Gasteiger partial charge in [0, 0.05) is 74.0 Å². The van der Waals surface area contributed by atoms with Gasteiger partial charge in [0.15, 0.2) is 0 Å². The standard InChI is InChI=1S/C24H30Cl2N6O/c25-19-12-18(13-20(26)14-19)22-15-28-23(16-27-22)31-6-4-29(5-7-31)17-24(33)32-10-8-30(9-11-32)21-2-1-3-21/h12-16,21H,1-11,17H2. The molecule has 3 fully saturated rings. The fourth-order valence-electron chi connectivity index (χ4n) is 4.85. The van der Waals surface area contributed by atoms with Crippen LogP contribution in [-0.2, 0) is 4.79 Å². The summed E-state index contributed by atoms with van der Waals surface area (Å²) in [5.41, 5.74) is 1.59. The second-order valence-electron chi connectivity index (χ2n) is 9.18. The van der Waals surface area contributed by atoms with Crippen LogP contribution in [0.25, 0.3) is 11.3 Å². The number of carbonyl (C=O) groups is 1. The molecule has 3 aliphatic rings. The third-order valence-electron chi connectivity index (χ3n) is 7.11. The van der Waals surface area contributed by atoms with Crippen LogP contribution in [0.5, 0.6) is 0 Å².